The van der Waals surface area contributed by atoms with Crippen molar-refractivity contribution in [3.05, 3.63) is 62.6 Å². The van der Waals surface area contributed by atoms with Crippen molar-refractivity contribution in [2.45, 2.75) is 12.8 Å². The zero-order chi connectivity index (χ0) is 19.5. The van der Waals surface area contributed by atoms with E-state index in [4.69, 9.17) is 23.2 Å². The molecule has 1 atom stereocenters. The van der Waals surface area contributed by atoms with Crippen molar-refractivity contribution in [3.63, 3.8) is 0 Å². The van der Waals surface area contributed by atoms with Crippen LogP contribution >= 0.6 is 23.2 Å². The Bertz CT molecular complexity index is 1020. The van der Waals surface area contributed by atoms with Crippen LogP contribution in [0.2, 0.25) is 10.0 Å². The van der Waals surface area contributed by atoms with Crippen LogP contribution in [-0.4, -0.2) is 34.9 Å². The highest BCUT2D eigenvalue weighted by molar-refractivity contribution is 6.43. The molecule has 2 aliphatic rings. The van der Waals surface area contributed by atoms with Gasteiger partial charge in [0, 0.05) is 11.3 Å². The summed E-state index contributed by atoms with van der Waals surface area (Å²) in [6.07, 6.45) is 0. The number of carbonyl (C=O) groups excluding carboxylic acids is 4. The van der Waals surface area contributed by atoms with Gasteiger partial charge >= 0.3 is 0 Å². The molecule has 0 aliphatic carbocycles. The number of anilines is 1. The third kappa shape index (κ3) is 2.72. The molecule has 4 rings (SSSR count). The van der Waals surface area contributed by atoms with Gasteiger partial charge < -0.3 is 5.32 Å². The first kappa shape index (κ1) is 17.7. The molecule has 0 saturated carbocycles. The summed E-state index contributed by atoms with van der Waals surface area (Å²) in [5, 5.41) is 3.05. The lowest BCUT2D eigenvalue weighted by Crippen LogP contribution is -2.34. The summed E-state index contributed by atoms with van der Waals surface area (Å²) in [5.41, 5.74) is 1.95. The largest absolute Gasteiger partial charge is 0.325 e. The first-order chi connectivity index (χ1) is 12.8. The number of imide groups is 1. The Morgan fingerprint density at radius 1 is 1.04 bits per heavy atom. The van der Waals surface area contributed by atoms with Crippen LogP contribution in [0.5, 0.6) is 0 Å². The number of rotatable bonds is 3. The lowest BCUT2D eigenvalue weighted by atomic mass is 9.99. The molecule has 2 aromatic rings. The van der Waals surface area contributed by atoms with Gasteiger partial charge in [0.25, 0.3) is 11.8 Å². The van der Waals surface area contributed by atoms with Crippen molar-refractivity contribution in [2.24, 2.45) is 0 Å². The molecule has 1 N–H and O–H groups in total. The van der Waals surface area contributed by atoms with Gasteiger partial charge in [-0.1, -0.05) is 23.2 Å². The number of amides is 3. The van der Waals surface area contributed by atoms with E-state index < -0.39 is 24.1 Å². The average molecular weight is 403 g/mol. The fraction of sp³-hybridized carbons (Fsp3) is 0.158. The summed E-state index contributed by atoms with van der Waals surface area (Å²) < 4.78 is 0. The molecule has 2 aliphatic heterocycles. The lowest BCUT2D eigenvalue weighted by molar-refractivity contribution is -0.116. The van der Waals surface area contributed by atoms with Gasteiger partial charge in [-0.2, -0.15) is 0 Å². The fourth-order valence-electron chi connectivity index (χ4n) is 3.25. The van der Waals surface area contributed by atoms with Crippen LogP contribution in [0, 0.1) is 0 Å². The van der Waals surface area contributed by atoms with Crippen molar-refractivity contribution in [2.75, 3.05) is 11.9 Å². The predicted molar refractivity (Wildman–Crippen MR) is 99.6 cm³/mol. The Morgan fingerprint density at radius 3 is 2.22 bits per heavy atom. The van der Waals surface area contributed by atoms with Gasteiger partial charge in [0.15, 0.2) is 5.78 Å². The number of hydrogen-bond acceptors (Lipinski definition) is 4. The van der Waals surface area contributed by atoms with E-state index in [1.54, 1.807) is 25.1 Å². The van der Waals surface area contributed by atoms with E-state index in [1.165, 1.54) is 12.1 Å². The van der Waals surface area contributed by atoms with Crippen LogP contribution in [0.1, 0.15) is 49.5 Å². The first-order valence-electron chi connectivity index (χ1n) is 8.11. The fourth-order valence-corrected chi connectivity index (χ4v) is 3.58. The minimum Gasteiger partial charge on any atom is -0.325 e. The van der Waals surface area contributed by atoms with Crippen LogP contribution in [0.3, 0.4) is 0 Å². The van der Waals surface area contributed by atoms with Crippen molar-refractivity contribution in [1.29, 1.82) is 0 Å². The molecule has 0 fully saturated rings. The molecule has 0 radical (unpaired) electrons. The van der Waals surface area contributed by atoms with Crippen LogP contribution in [0.15, 0.2) is 30.3 Å². The summed E-state index contributed by atoms with van der Waals surface area (Å²) >= 11 is 11.8. The van der Waals surface area contributed by atoms with Gasteiger partial charge in [-0.05, 0) is 42.8 Å². The molecule has 6 nitrogen and oxygen atoms in total. The van der Waals surface area contributed by atoms with Crippen molar-refractivity contribution >= 4 is 52.4 Å². The number of halogens is 2. The highest BCUT2D eigenvalue weighted by Crippen LogP contribution is 2.34. The number of ketones is 1. The molecule has 0 aromatic heterocycles. The number of carbonyl (C=O) groups is 4. The normalized spacial score (nSPS) is 17.8. The van der Waals surface area contributed by atoms with Gasteiger partial charge in [0.05, 0.1) is 33.6 Å². The molecule has 0 spiro atoms. The Kier molecular flexibility index (Phi) is 4.05. The maximum atomic E-state index is 12.7. The monoisotopic (exact) mass is 402 g/mol. The van der Waals surface area contributed by atoms with E-state index in [9.17, 15) is 19.2 Å². The molecular weight excluding hydrogens is 391 g/mol. The van der Waals surface area contributed by atoms with Crippen molar-refractivity contribution < 1.29 is 19.2 Å². The minimum absolute atomic E-state index is 0.125. The molecule has 27 heavy (non-hydrogen) atoms. The number of nitrogens with one attached hydrogen (secondary N) is 1. The van der Waals surface area contributed by atoms with Crippen molar-refractivity contribution in [3.8, 4) is 0 Å². The molecule has 0 bridgehead atoms. The lowest BCUT2D eigenvalue weighted by Gasteiger charge is -2.13. The first-order valence-corrected chi connectivity index (χ1v) is 8.86. The molecule has 2 aromatic carbocycles. The number of nitrogens with zero attached hydrogens (tertiary/aromatic N) is 1. The summed E-state index contributed by atoms with van der Waals surface area (Å²) in [4.78, 5) is 50.3. The van der Waals surface area contributed by atoms with E-state index in [-0.39, 0.29) is 33.0 Å². The van der Waals surface area contributed by atoms with Gasteiger partial charge in [0.1, 0.15) is 0 Å². The second-order valence-electron chi connectivity index (χ2n) is 6.44. The SMILES string of the molecule is C[C@@H]1C(=O)Nc2ccc(C(=O)CN3C(=O)c4cc(Cl)c(Cl)cc4C3=O)cc21. The molecular formula is C19H12Cl2N2O4. The minimum atomic E-state index is -0.590. The Hall–Kier alpha value is -2.70. The average Bonchev–Trinajstić information content (AvgIpc) is 3.04. The summed E-state index contributed by atoms with van der Waals surface area (Å²) in [7, 11) is 0. The third-order valence-electron chi connectivity index (χ3n) is 4.80. The molecule has 3 amide bonds. The van der Waals surface area contributed by atoms with E-state index in [1.807, 2.05) is 0 Å². The highest BCUT2D eigenvalue weighted by Gasteiger charge is 2.37. The Morgan fingerprint density at radius 2 is 1.63 bits per heavy atom. The van der Waals surface area contributed by atoms with Crippen molar-refractivity contribution in [1.82, 2.24) is 4.90 Å². The van der Waals surface area contributed by atoms with Crippen LogP contribution in [0.4, 0.5) is 5.69 Å². The van der Waals surface area contributed by atoms with Gasteiger partial charge in [-0.3, -0.25) is 24.1 Å². The molecule has 136 valence electrons. The Labute approximate surface area is 164 Å². The van der Waals surface area contributed by atoms with Crippen LogP contribution < -0.4 is 5.32 Å². The number of benzene rings is 2. The maximum Gasteiger partial charge on any atom is 0.262 e. The number of fused-ring (bicyclic) bond motifs is 2. The standard InChI is InChI=1S/C19H12Cl2N2O4/c1-8-10-4-9(2-3-15(10)22-17(8)25)16(24)7-23-18(26)11-5-13(20)14(21)6-12(11)19(23)27/h2-6,8H,7H2,1H3,(H,22,25)/t8-/m0/s1. The van der Waals surface area contributed by atoms with Crippen LogP contribution in [-0.2, 0) is 4.79 Å². The number of hydrogen-bond donors (Lipinski definition) is 1. The molecule has 0 unspecified atom stereocenters. The van der Waals surface area contributed by atoms with E-state index in [0.29, 0.717) is 16.8 Å². The Balaban J connectivity index is 1.60. The summed E-state index contributed by atoms with van der Waals surface area (Å²) in [5.74, 6) is -2.09. The third-order valence-corrected chi connectivity index (χ3v) is 5.53. The second kappa shape index (κ2) is 6.18. The van der Waals surface area contributed by atoms with Crippen LogP contribution in [0.25, 0.3) is 0 Å². The second-order valence-corrected chi connectivity index (χ2v) is 7.26. The zero-order valence-corrected chi connectivity index (χ0v) is 15.5. The quantitative estimate of drug-likeness (QED) is 0.628. The topological polar surface area (TPSA) is 83.6 Å². The highest BCUT2D eigenvalue weighted by atomic mass is 35.5. The molecule has 0 saturated heterocycles. The van der Waals surface area contributed by atoms with Gasteiger partial charge in [-0.15, -0.1) is 0 Å². The van der Waals surface area contributed by atoms with Gasteiger partial charge in [-0.25, -0.2) is 0 Å². The predicted octanol–water partition coefficient (Wildman–Crippen LogP) is 3.53. The van der Waals surface area contributed by atoms with E-state index >= 15 is 0 Å². The van der Waals surface area contributed by atoms with Gasteiger partial charge in [0.2, 0.25) is 5.91 Å². The molecule has 2 heterocycles. The smallest absolute Gasteiger partial charge is 0.262 e. The van der Waals surface area contributed by atoms with E-state index in [2.05, 4.69) is 5.32 Å². The summed E-state index contributed by atoms with van der Waals surface area (Å²) in [6, 6.07) is 7.49. The molecule has 8 heteroatoms. The number of Topliss-reactive ketones (excluding diaryl/α,β-unsaturated/α-hetero) is 1. The summed E-state index contributed by atoms with van der Waals surface area (Å²) in [6.45, 7) is 1.34. The maximum absolute atomic E-state index is 12.7. The zero-order valence-electron chi connectivity index (χ0n) is 14.0. The van der Waals surface area contributed by atoms with E-state index in [0.717, 1.165) is 4.90 Å².